The minimum absolute atomic E-state index is 0.0772. The molecule has 2 aromatic rings. The summed E-state index contributed by atoms with van der Waals surface area (Å²) in [6, 6.07) is 7.43. The van der Waals surface area contributed by atoms with Crippen molar-refractivity contribution in [3.05, 3.63) is 30.0 Å². The lowest BCUT2D eigenvalue weighted by atomic mass is 10.2. The van der Waals surface area contributed by atoms with Crippen LogP contribution in [0.2, 0.25) is 0 Å². The number of methoxy groups -OCH3 is 1. The summed E-state index contributed by atoms with van der Waals surface area (Å²) in [4.78, 5) is 25.4. The molecule has 0 radical (unpaired) electrons. The molecule has 1 unspecified atom stereocenters. The molecule has 0 spiro atoms. The van der Waals surface area contributed by atoms with Crippen LogP contribution in [0.5, 0.6) is 0 Å². The Morgan fingerprint density at radius 2 is 2.24 bits per heavy atom. The van der Waals surface area contributed by atoms with Crippen LogP contribution in [0.15, 0.2) is 24.3 Å². The van der Waals surface area contributed by atoms with Gasteiger partial charge in [-0.25, -0.2) is 4.79 Å². The average molecular weight is 288 g/mol. The summed E-state index contributed by atoms with van der Waals surface area (Å²) < 4.78 is 4.57. The zero-order valence-electron chi connectivity index (χ0n) is 11.6. The Hall–Kier alpha value is -2.57. The van der Waals surface area contributed by atoms with E-state index in [4.69, 9.17) is 0 Å². The normalized spacial score (nSPS) is 18.0. The molecule has 1 aromatic heterocycles. The second kappa shape index (κ2) is 5.43. The van der Waals surface area contributed by atoms with Crippen molar-refractivity contribution >= 4 is 22.9 Å². The van der Waals surface area contributed by atoms with E-state index in [1.165, 1.54) is 7.11 Å². The Kier molecular flexibility index (Phi) is 3.47. The summed E-state index contributed by atoms with van der Waals surface area (Å²) in [6.45, 7) is 1.06. The third-order valence-corrected chi connectivity index (χ3v) is 3.66. The van der Waals surface area contributed by atoms with Gasteiger partial charge in [0.2, 0.25) is 0 Å². The summed E-state index contributed by atoms with van der Waals surface area (Å²) in [7, 11) is 1.32. The van der Waals surface area contributed by atoms with Crippen LogP contribution in [0.25, 0.3) is 10.9 Å². The molecule has 3 rings (SSSR count). The van der Waals surface area contributed by atoms with Gasteiger partial charge in [0, 0.05) is 18.5 Å². The van der Waals surface area contributed by atoms with Crippen molar-refractivity contribution in [2.75, 3.05) is 20.2 Å². The summed E-state index contributed by atoms with van der Waals surface area (Å²) in [5, 5.41) is 10.5. The number of hydrogen-bond acceptors (Lipinski definition) is 4. The van der Waals surface area contributed by atoms with Gasteiger partial charge in [0.25, 0.3) is 5.91 Å². The van der Waals surface area contributed by atoms with E-state index in [1.807, 2.05) is 24.3 Å². The van der Waals surface area contributed by atoms with Crippen LogP contribution in [0, 0.1) is 0 Å². The van der Waals surface area contributed by atoms with Gasteiger partial charge < -0.3 is 15.0 Å². The van der Waals surface area contributed by atoms with Crippen molar-refractivity contribution in [2.24, 2.45) is 0 Å². The number of aromatic amines is 1. The number of fused-ring (bicyclic) bond motifs is 1. The molecule has 1 atom stereocenters. The van der Waals surface area contributed by atoms with E-state index in [0.717, 1.165) is 10.9 Å². The van der Waals surface area contributed by atoms with E-state index in [0.29, 0.717) is 25.2 Å². The number of carbonyl (C=O) groups excluding carboxylic acids is 2. The maximum absolute atomic E-state index is 12.5. The first-order valence-electron chi connectivity index (χ1n) is 6.76. The van der Waals surface area contributed by atoms with Crippen LogP contribution in [0.3, 0.4) is 0 Å². The van der Waals surface area contributed by atoms with E-state index in [9.17, 15) is 9.59 Å². The predicted octanol–water partition coefficient (Wildman–Crippen LogP) is 1.13. The molecule has 1 fully saturated rings. The third-order valence-electron chi connectivity index (χ3n) is 3.66. The molecule has 2 N–H and O–H groups in total. The van der Waals surface area contributed by atoms with Crippen molar-refractivity contribution in [3.8, 4) is 0 Å². The molecule has 0 aliphatic carbocycles. The number of hydrogen-bond donors (Lipinski definition) is 2. The van der Waals surface area contributed by atoms with E-state index in [-0.39, 0.29) is 11.9 Å². The fraction of sp³-hybridized carbons (Fsp3) is 0.357. The lowest BCUT2D eigenvalue weighted by molar-refractivity contribution is 0.0784. The van der Waals surface area contributed by atoms with Crippen molar-refractivity contribution in [3.63, 3.8) is 0 Å². The highest BCUT2D eigenvalue weighted by Crippen LogP contribution is 2.19. The number of nitrogens with zero attached hydrogens (tertiary/aromatic N) is 2. The molecule has 1 aliphatic rings. The number of carbonyl (C=O) groups is 2. The van der Waals surface area contributed by atoms with Crippen LogP contribution in [-0.2, 0) is 4.74 Å². The molecule has 0 saturated carbocycles. The topological polar surface area (TPSA) is 87.3 Å². The van der Waals surface area contributed by atoms with Crippen LogP contribution in [0.4, 0.5) is 4.79 Å². The Balaban J connectivity index is 1.73. The minimum Gasteiger partial charge on any atom is -0.453 e. The second-order valence-corrected chi connectivity index (χ2v) is 4.99. The van der Waals surface area contributed by atoms with Gasteiger partial charge in [-0.15, -0.1) is 0 Å². The van der Waals surface area contributed by atoms with Crippen molar-refractivity contribution < 1.29 is 14.3 Å². The minimum atomic E-state index is -0.473. The van der Waals surface area contributed by atoms with E-state index >= 15 is 0 Å². The molecule has 7 nitrogen and oxygen atoms in total. The predicted molar refractivity (Wildman–Crippen MR) is 75.9 cm³/mol. The Labute approximate surface area is 121 Å². The molecule has 7 heteroatoms. The molecule has 21 heavy (non-hydrogen) atoms. The van der Waals surface area contributed by atoms with Gasteiger partial charge in [0.15, 0.2) is 5.69 Å². The van der Waals surface area contributed by atoms with E-state index in [2.05, 4.69) is 20.3 Å². The second-order valence-electron chi connectivity index (χ2n) is 4.99. The van der Waals surface area contributed by atoms with Crippen molar-refractivity contribution in [1.29, 1.82) is 0 Å². The number of aromatic nitrogens is 2. The fourth-order valence-electron chi connectivity index (χ4n) is 2.56. The third kappa shape index (κ3) is 2.54. The van der Waals surface area contributed by atoms with Crippen LogP contribution in [-0.4, -0.2) is 53.3 Å². The summed E-state index contributed by atoms with van der Waals surface area (Å²) in [5.74, 6) is -0.124. The smallest absolute Gasteiger partial charge is 0.407 e. The standard InChI is InChI=1S/C14H16N4O3/c1-21-14(20)15-9-6-7-18(8-9)13(19)12-10-4-2-3-5-11(10)16-17-12/h2-5,9H,6-8H2,1H3,(H,15,20)(H,16,17). The largest absolute Gasteiger partial charge is 0.453 e. The average Bonchev–Trinajstić information content (AvgIpc) is 3.13. The highest BCUT2D eigenvalue weighted by molar-refractivity contribution is 6.04. The lowest BCUT2D eigenvalue weighted by Crippen LogP contribution is -2.38. The Morgan fingerprint density at radius 1 is 1.43 bits per heavy atom. The van der Waals surface area contributed by atoms with Crippen molar-refractivity contribution in [1.82, 2.24) is 20.4 Å². The number of nitrogens with one attached hydrogen (secondary N) is 2. The molecular formula is C14H16N4O3. The highest BCUT2D eigenvalue weighted by atomic mass is 16.5. The zero-order valence-corrected chi connectivity index (χ0v) is 11.6. The van der Waals surface area contributed by atoms with Gasteiger partial charge in [-0.3, -0.25) is 9.89 Å². The monoisotopic (exact) mass is 288 g/mol. The lowest BCUT2D eigenvalue weighted by Gasteiger charge is -2.15. The van der Waals surface area contributed by atoms with Gasteiger partial charge in [-0.2, -0.15) is 5.10 Å². The molecule has 1 aromatic carbocycles. The Bertz CT molecular complexity index is 682. The SMILES string of the molecule is COC(=O)NC1CCN(C(=O)c2n[nH]c3ccccc23)C1. The summed E-state index contributed by atoms with van der Waals surface area (Å²) in [5.41, 5.74) is 1.26. The number of amides is 2. The molecule has 110 valence electrons. The number of para-hydroxylation sites is 1. The summed E-state index contributed by atoms with van der Waals surface area (Å²) in [6.07, 6.45) is 0.239. The maximum Gasteiger partial charge on any atom is 0.407 e. The quantitative estimate of drug-likeness (QED) is 0.867. The first-order valence-corrected chi connectivity index (χ1v) is 6.76. The molecular weight excluding hydrogens is 272 g/mol. The van der Waals surface area contributed by atoms with Gasteiger partial charge in [0.05, 0.1) is 18.7 Å². The Morgan fingerprint density at radius 3 is 3.05 bits per heavy atom. The molecule has 2 heterocycles. The molecule has 2 amide bonds. The molecule has 1 saturated heterocycles. The van der Waals surface area contributed by atoms with Crippen LogP contribution in [0.1, 0.15) is 16.9 Å². The number of H-pyrrole nitrogens is 1. The molecule has 1 aliphatic heterocycles. The van der Waals surface area contributed by atoms with Gasteiger partial charge in [-0.05, 0) is 12.5 Å². The van der Waals surface area contributed by atoms with E-state index in [1.54, 1.807) is 4.90 Å². The van der Waals surface area contributed by atoms with Crippen LogP contribution >= 0.6 is 0 Å². The number of likely N-dealkylation sites (tertiary alicyclic amines) is 1. The maximum atomic E-state index is 12.5. The molecule has 0 bridgehead atoms. The van der Waals surface area contributed by atoms with E-state index < -0.39 is 6.09 Å². The highest BCUT2D eigenvalue weighted by Gasteiger charge is 2.30. The first kappa shape index (κ1) is 13.4. The number of alkyl carbamates (subject to hydrolysis) is 1. The first-order chi connectivity index (χ1) is 10.2. The zero-order chi connectivity index (χ0) is 14.8. The number of rotatable bonds is 2. The number of benzene rings is 1. The van der Waals surface area contributed by atoms with Gasteiger partial charge in [0.1, 0.15) is 0 Å². The van der Waals surface area contributed by atoms with Gasteiger partial charge >= 0.3 is 6.09 Å². The summed E-state index contributed by atoms with van der Waals surface area (Å²) >= 11 is 0. The van der Waals surface area contributed by atoms with Crippen molar-refractivity contribution in [2.45, 2.75) is 12.5 Å². The van der Waals surface area contributed by atoms with Gasteiger partial charge in [-0.1, -0.05) is 18.2 Å². The number of ether oxygens (including phenoxy) is 1. The van der Waals surface area contributed by atoms with Crippen LogP contribution < -0.4 is 5.32 Å². The fourth-order valence-corrected chi connectivity index (χ4v) is 2.56.